The summed E-state index contributed by atoms with van der Waals surface area (Å²) in [4.78, 5) is 70.2. The van der Waals surface area contributed by atoms with Crippen LogP contribution in [0.1, 0.15) is 32.8 Å². The molecule has 2 aromatic carbocycles. The Morgan fingerprint density at radius 2 is 1.74 bits per heavy atom. The maximum Gasteiger partial charge on any atom is 0.408 e. The van der Waals surface area contributed by atoms with Crippen LogP contribution in [0.4, 0.5) is 15.3 Å². The van der Waals surface area contributed by atoms with E-state index in [0.29, 0.717) is 5.69 Å². The van der Waals surface area contributed by atoms with Gasteiger partial charge in [0.15, 0.2) is 0 Å². The summed E-state index contributed by atoms with van der Waals surface area (Å²) in [5.41, 5.74) is 1.26. The number of carbonyl (C=O) groups is 5. The van der Waals surface area contributed by atoms with Crippen molar-refractivity contribution >= 4 is 46.5 Å². The first-order chi connectivity index (χ1) is 20.0. The molecule has 222 valence electrons. The molecule has 1 unspecified atom stereocenters. The van der Waals surface area contributed by atoms with E-state index in [-0.39, 0.29) is 19.4 Å². The molecule has 2 heterocycles. The lowest BCUT2D eigenvalue weighted by Gasteiger charge is -2.39. The zero-order valence-corrected chi connectivity index (χ0v) is 24.0. The predicted molar refractivity (Wildman–Crippen MR) is 155 cm³/mol. The summed E-state index contributed by atoms with van der Waals surface area (Å²) in [5.74, 6) is -1.70. The Morgan fingerprint density at radius 3 is 2.43 bits per heavy atom. The number of urea groups is 1. The summed E-state index contributed by atoms with van der Waals surface area (Å²) in [7, 11) is 1.20. The minimum absolute atomic E-state index is 0.143. The Hall–Kier alpha value is -4.87. The first-order valence-electron chi connectivity index (χ1n) is 13.5. The van der Waals surface area contributed by atoms with E-state index in [9.17, 15) is 24.0 Å². The number of imide groups is 1. The van der Waals surface area contributed by atoms with Crippen LogP contribution in [0.25, 0.3) is 10.9 Å². The smallest absolute Gasteiger partial charge is 0.408 e. The normalized spacial score (nSPS) is 16.2. The number of aromatic amines is 1. The number of H-pyrrole nitrogens is 1. The SMILES string of the molecule is COC(=O)CN1C(=O)N(c2ccccc2)C(=O)C[C@@H]1CNC(=O)C(Cc1c[nH]c2ccccc12)NC(=O)OC(C)(C)C. The molecular formula is C30H35N5O7. The molecule has 0 spiro atoms. The molecule has 1 fully saturated rings. The topological polar surface area (TPSA) is 150 Å². The molecule has 12 heteroatoms. The maximum absolute atomic E-state index is 13.5. The van der Waals surface area contributed by atoms with Gasteiger partial charge in [-0.2, -0.15) is 0 Å². The molecule has 1 aromatic heterocycles. The van der Waals surface area contributed by atoms with Crippen molar-refractivity contribution in [2.75, 3.05) is 25.1 Å². The van der Waals surface area contributed by atoms with Crippen LogP contribution in [-0.2, 0) is 30.3 Å². The zero-order valence-electron chi connectivity index (χ0n) is 24.0. The average molecular weight is 578 g/mol. The van der Waals surface area contributed by atoms with Gasteiger partial charge in [-0.3, -0.25) is 14.4 Å². The van der Waals surface area contributed by atoms with Crippen molar-refractivity contribution in [1.29, 1.82) is 0 Å². The lowest BCUT2D eigenvalue weighted by Crippen LogP contribution is -2.61. The van der Waals surface area contributed by atoms with Crippen LogP contribution in [0, 0.1) is 0 Å². The second-order valence-electron chi connectivity index (χ2n) is 10.9. The zero-order chi connectivity index (χ0) is 30.4. The van der Waals surface area contributed by atoms with Gasteiger partial charge in [0.2, 0.25) is 11.8 Å². The number of hydrogen-bond donors (Lipinski definition) is 3. The fourth-order valence-corrected chi connectivity index (χ4v) is 4.73. The number of carbonyl (C=O) groups excluding carboxylic acids is 5. The van der Waals surface area contributed by atoms with Crippen molar-refractivity contribution in [3.63, 3.8) is 0 Å². The summed E-state index contributed by atoms with van der Waals surface area (Å²) in [6.45, 7) is 4.59. The van der Waals surface area contributed by atoms with Crippen LogP contribution < -0.4 is 15.5 Å². The summed E-state index contributed by atoms with van der Waals surface area (Å²) in [5, 5.41) is 6.31. The highest BCUT2D eigenvalue weighted by Gasteiger charge is 2.41. The maximum atomic E-state index is 13.5. The van der Waals surface area contributed by atoms with Crippen LogP contribution in [-0.4, -0.2) is 77.7 Å². The number of alkyl carbamates (subject to hydrolysis) is 1. The molecule has 0 aliphatic carbocycles. The molecule has 3 aromatic rings. The Kier molecular flexibility index (Phi) is 9.14. The number of fused-ring (bicyclic) bond motifs is 1. The molecule has 4 rings (SSSR count). The quantitative estimate of drug-likeness (QED) is 0.331. The molecule has 1 saturated heterocycles. The number of benzene rings is 2. The van der Waals surface area contributed by atoms with Crippen LogP contribution in [0.5, 0.6) is 0 Å². The number of nitrogens with one attached hydrogen (secondary N) is 3. The van der Waals surface area contributed by atoms with Crippen molar-refractivity contribution in [2.45, 2.75) is 51.3 Å². The Morgan fingerprint density at radius 1 is 1.05 bits per heavy atom. The van der Waals surface area contributed by atoms with Gasteiger partial charge in [-0.25, -0.2) is 14.5 Å². The molecule has 0 bridgehead atoms. The van der Waals surface area contributed by atoms with Crippen molar-refractivity contribution in [2.24, 2.45) is 0 Å². The summed E-state index contributed by atoms with van der Waals surface area (Å²) in [6.07, 6.45) is 1.00. The van der Waals surface area contributed by atoms with Gasteiger partial charge < -0.3 is 30.0 Å². The number of rotatable bonds is 9. The molecule has 5 amide bonds. The lowest BCUT2D eigenvalue weighted by molar-refractivity contribution is -0.142. The number of esters is 1. The van der Waals surface area contributed by atoms with E-state index in [1.54, 1.807) is 57.3 Å². The molecule has 12 nitrogen and oxygen atoms in total. The van der Waals surface area contributed by atoms with E-state index >= 15 is 0 Å². The average Bonchev–Trinajstić information content (AvgIpc) is 3.35. The summed E-state index contributed by atoms with van der Waals surface area (Å²) < 4.78 is 10.2. The van der Waals surface area contributed by atoms with Gasteiger partial charge in [0.25, 0.3) is 0 Å². The van der Waals surface area contributed by atoms with E-state index in [4.69, 9.17) is 9.47 Å². The molecule has 0 saturated carbocycles. The monoisotopic (exact) mass is 577 g/mol. The van der Waals surface area contributed by atoms with Gasteiger partial charge in [-0.1, -0.05) is 36.4 Å². The molecule has 1 aliphatic heterocycles. The lowest BCUT2D eigenvalue weighted by atomic mass is 10.0. The van der Waals surface area contributed by atoms with E-state index in [1.165, 1.54) is 12.0 Å². The number of methoxy groups -OCH3 is 1. The van der Waals surface area contributed by atoms with E-state index in [1.807, 2.05) is 24.3 Å². The van der Waals surface area contributed by atoms with Crippen molar-refractivity contribution in [1.82, 2.24) is 20.5 Å². The molecule has 0 radical (unpaired) electrons. The molecular weight excluding hydrogens is 542 g/mol. The van der Waals surface area contributed by atoms with Crippen LogP contribution in [0.2, 0.25) is 0 Å². The number of amides is 5. The first-order valence-corrected chi connectivity index (χ1v) is 13.5. The second kappa shape index (κ2) is 12.8. The number of anilines is 1. The number of nitrogens with zero attached hydrogens (tertiary/aromatic N) is 2. The van der Waals surface area contributed by atoms with Crippen LogP contribution >= 0.6 is 0 Å². The minimum Gasteiger partial charge on any atom is -0.468 e. The Labute approximate surface area is 243 Å². The minimum atomic E-state index is -1.04. The van der Waals surface area contributed by atoms with E-state index in [0.717, 1.165) is 21.4 Å². The summed E-state index contributed by atoms with van der Waals surface area (Å²) in [6, 6.07) is 13.4. The molecule has 42 heavy (non-hydrogen) atoms. The van der Waals surface area contributed by atoms with E-state index < -0.39 is 54.1 Å². The third-order valence-electron chi connectivity index (χ3n) is 6.70. The van der Waals surface area contributed by atoms with Crippen molar-refractivity contribution in [3.8, 4) is 0 Å². The molecule has 3 N–H and O–H groups in total. The van der Waals surface area contributed by atoms with Crippen LogP contribution in [0.15, 0.2) is 60.8 Å². The fourth-order valence-electron chi connectivity index (χ4n) is 4.73. The number of aromatic nitrogens is 1. The third kappa shape index (κ3) is 7.25. The second-order valence-corrected chi connectivity index (χ2v) is 10.9. The standard InChI is InChI=1S/C30H35N5O7/c1-30(2,3)42-28(39)33-24(14-19-16-31-23-13-9-8-12-22(19)23)27(38)32-17-21-15-25(36)35(20-10-6-5-7-11-20)29(40)34(21)18-26(37)41-4/h5-13,16,21,24,31H,14-15,17-18H2,1-4H3,(H,32,38)(H,33,39)/t21-,24?/m1/s1. The first kappa shape index (κ1) is 30.1. The number of ether oxygens (including phenoxy) is 2. The van der Waals surface area contributed by atoms with Gasteiger partial charge >= 0.3 is 18.1 Å². The van der Waals surface area contributed by atoms with Crippen LogP contribution in [0.3, 0.4) is 0 Å². The fraction of sp³-hybridized carbons (Fsp3) is 0.367. The highest BCUT2D eigenvalue weighted by atomic mass is 16.6. The van der Waals surface area contributed by atoms with Gasteiger partial charge in [-0.15, -0.1) is 0 Å². The predicted octanol–water partition coefficient (Wildman–Crippen LogP) is 3.12. The van der Waals surface area contributed by atoms with Gasteiger partial charge in [0.1, 0.15) is 18.2 Å². The highest BCUT2D eigenvalue weighted by molar-refractivity contribution is 6.16. The Balaban J connectivity index is 1.53. The van der Waals surface area contributed by atoms with Gasteiger partial charge in [0, 0.05) is 36.5 Å². The van der Waals surface area contributed by atoms with Gasteiger partial charge in [0.05, 0.1) is 18.8 Å². The molecule has 1 aliphatic rings. The van der Waals surface area contributed by atoms with Crippen molar-refractivity contribution in [3.05, 3.63) is 66.4 Å². The molecule has 2 atom stereocenters. The van der Waals surface area contributed by atoms with Gasteiger partial charge in [-0.05, 0) is 44.5 Å². The Bertz CT molecular complexity index is 1460. The van der Waals surface area contributed by atoms with E-state index in [2.05, 4.69) is 15.6 Å². The third-order valence-corrected chi connectivity index (χ3v) is 6.70. The van der Waals surface area contributed by atoms with Crippen molar-refractivity contribution < 1.29 is 33.4 Å². The number of para-hydroxylation sites is 2. The summed E-state index contributed by atoms with van der Waals surface area (Å²) >= 11 is 0. The largest absolute Gasteiger partial charge is 0.468 e. The highest BCUT2D eigenvalue weighted by Crippen LogP contribution is 2.24. The number of hydrogen-bond acceptors (Lipinski definition) is 7.